The number of hydrogen-bond acceptors (Lipinski definition) is 3. The number of urea groups is 1. The third-order valence-electron chi connectivity index (χ3n) is 4.05. The van der Waals surface area contributed by atoms with Crippen molar-refractivity contribution in [1.29, 1.82) is 0 Å². The van der Waals surface area contributed by atoms with Gasteiger partial charge < -0.3 is 20.1 Å². The topological polar surface area (TPSA) is 78.9 Å². The normalized spacial score (nSPS) is 21.5. The van der Waals surface area contributed by atoms with Gasteiger partial charge in [0.1, 0.15) is 0 Å². The van der Waals surface area contributed by atoms with Crippen molar-refractivity contribution in [3.05, 3.63) is 35.4 Å². The molecule has 0 saturated carbocycles. The molecule has 6 heteroatoms. The van der Waals surface area contributed by atoms with Crippen LogP contribution in [0, 0.1) is 0 Å². The second kappa shape index (κ2) is 7.26. The molecular formula is C16H22N2O4. The van der Waals surface area contributed by atoms with Crippen LogP contribution >= 0.6 is 0 Å². The van der Waals surface area contributed by atoms with Crippen LogP contribution in [0.3, 0.4) is 0 Å². The lowest BCUT2D eigenvalue weighted by Crippen LogP contribution is -2.51. The number of likely N-dealkylation sites (tertiary alicyclic amines) is 1. The van der Waals surface area contributed by atoms with Crippen molar-refractivity contribution in [2.24, 2.45) is 0 Å². The van der Waals surface area contributed by atoms with Gasteiger partial charge in [-0.2, -0.15) is 0 Å². The molecule has 1 aromatic rings. The van der Waals surface area contributed by atoms with Gasteiger partial charge in [-0.3, -0.25) is 0 Å². The fourth-order valence-corrected chi connectivity index (χ4v) is 2.64. The molecule has 6 nitrogen and oxygen atoms in total. The molecule has 1 aliphatic heterocycles. The molecule has 1 aliphatic rings. The predicted octanol–water partition coefficient (Wildman–Crippen LogP) is 2.09. The number of benzene rings is 1. The molecule has 2 unspecified atom stereocenters. The summed E-state index contributed by atoms with van der Waals surface area (Å²) >= 11 is 0. The highest BCUT2D eigenvalue weighted by atomic mass is 16.5. The maximum absolute atomic E-state index is 12.3. The molecule has 120 valence electrons. The van der Waals surface area contributed by atoms with E-state index in [-0.39, 0.29) is 23.7 Å². The first-order chi connectivity index (χ1) is 10.5. The van der Waals surface area contributed by atoms with E-state index in [1.54, 1.807) is 30.2 Å². The summed E-state index contributed by atoms with van der Waals surface area (Å²) in [5.74, 6) is -0.972. The minimum Gasteiger partial charge on any atom is -0.478 e. The van der Waals surface area contributed by atoms with Gasteiger partial charge in [0.2, 0.25) is 0 Å². The summed E-state index contributed by atoms with van der Waals surface area (Å²) in [6.45, 7) is 2.91. The van der Waals surface area contributed by atoms with E-state index in [9.17, 15) is 9.59 Å². The molecule has 0 spiro atoms. The molecule has 1 heterocycles. The lowest BCUT2D eigenvalue weighted by Gasteiger charge is -2.37. The van der Waals surface area contributed by atoms with Crippen molar-refractivity contribution in [2.75, 3.05) is 13.7 Å². The Kier molecular flexibility index (Phi) is 5.38. The van der Waals surface area contributed by atoms with Crippen LogP contribution in [0.25, 0.3) is 0 Å². The summed E-state index contributed by atoms with van der Waals surface area (Å²) in [6, 6.07) is 6.61. The van der Waals surface area contributed by atoms with Crippen molar-refractivity contribution in [2.45, 2.75) is 38.5 Å². The van der Waals surface area contributed by atoms with Crippen LogP contribution in [0.2, 0.25) is 0 Å². The van der Waals surface area contributed by atoms with Crippen molar-refractivity contribution < 1.29 is 19.4 Å². The Morgan fingerprint density at radius 3 is 2.86 bits per heavy atom. The number of carboxylic acids is 1. The maximum Gasteiger partial charge on any atom is 0.335 e. The predicted molar refractivity (Wildman–Crippen MR) is 81.8 cm³/mol. The maximum atomic E-state index is 12.3. The highest BCUT2D eigenvalue weighted by Crippen LogP contribution is 2.19. The Morgan fingerprint density at radius 2 is 2.18 bits per heavy atom. The van der Waals surface area contributed by atoms with Crippen LogP contribution in [-0.2, 0) is 11.3 Å². The van der Waals surface area contributed by atoms with Gasteiger partial charge in [-0.25, -0.2) is 9.59 Å². The lowest BCUT2D eigenvalue weighted by molar-refractivity contribution is 0.0257. The number of piperidine rings is 1. The number of amides is 2. The number of hydrogen-bond donors (Lipinski definition) is 2. The van der Waals surface area contributed by atoms with E-state index in [2.05, 4.69) is 5.32 Å². The second-order valence-corrected chi connectivity index (χ2v) is 5.60. The molecule has 2 amide bonds. The Morgan fingerprint density at radius 1 is 1.41 bits per heavy atom. The van der Waals surface area contributed by atoms with Crippen LogP contribution < -0.4 is 5.32 Å². The summed E-state index contributed by atoms with van der Waals surface area (Å²) in [5, 5.41) is 11.8. The summed E-state index contributed by atoms with van der Waals surface area (Å²) in [6.07, 6.45) is 1.96. The molecule has 1 aromatic carbocycles. The molecule has 2 N–H and O–H groups in total. The van der Waals surface area contributed by atoms with Crippen LogP contribution in [0.5, 0.6) is 0 Å². The summed E-state index contributed by atoms with van der Waals surface area (Å²) in [7, 11) is 1.66. The summed E-state index contributed by atoms with van der Waals surface area (Å²) in [4.78, 5) is 25.0. The van der Waals surface area contributed by atoms with Crippen molar-refractivity contribution in [3.63, 3.8) is 0 Å². The van der Waals surface area contributed by atoms with E-state index < -0.39 is 5.97 Å². The van der Waals surface area contributed by atoms with Crippen LogP contribution in [0.15, 0.2) is 24.3 Å². The Hall–Kier alpha value is -2.08. The third-order valence-corrected chi connectivity index (χ3v) is 4.05. The lowest BCUT2D eigenvalue weighted by atomic mass is 10.0. The standard InChI is InChI=1S/C16H22N2O4/c1-11-6-7-14(22-2)10-18(11)16(21)17-9-12-4-3-5-13(8-12)15(19)20/h3-5,8,11,14H,6-7,9-10H2,1-2H3,(H,17,21)(H,19,20). The van der Waals surface area contributed by atoms with Gasteiger partial charge in [0.05, 0.1) is 11.7 Å². The van der Waals surface area contributed by atoms with Crippen LogP contribution in [-0.4, -0.2) is 47.8 Å². The molecule has 0 aliphatic carbocycles. The van der Waals surface area contributed by atoms with Crippen LogP contribution in [0.4, 0.5) is 4.79 Å². The Labute approximate surface area is 130 Å². The minimum atomic E-state index is -0.972. The number of carbonyl (C=O) groups is 2. The van der Waals surface area contributed by atoms with Crippen molar-refractivity contribution in [3.8, 4) is 0 Å². The average molecular weight is 306 g/mol. The zero-order valence-electron chi connectivity index (χ0n) is 12.9. The van der Waals surface area contributed by atoms with Crippen molar-refractivity contribution >= 4 is 12.0 Å². The highest BCUT2D eigenvalue weighted by Gasteiger charge is 2.28. The molecule has 1 saturated heterocycles. The van der Waals surface area contributed by atoms with E-state index in [0.29, 0.717) is 13.1 Å². The second-order valence-electron chi connectivity index (χ2n) is 5.60. The average Bonchev–Trinajstić information content (AvgIpc) is 2.53. The number of nitrogens with one attached hydrogen (secondary N) is 1. The van der Waals surface area contributed by atoms with Gasteiger partial charge in [-0.15, -0.1) is 0 Å². The number of carboxylic acid groups (broad SMARTS) is 1. The van der Waals surface area contributed by atoms with E-state index >= 15 is 0 Å². The van der Waals surface area contributed by atoms with Gasteiger partial charge in [0.25, 0.3) is 0 Å². The molecule has 2 atom stereocenters. The minimum absolute atomic E-state index is 0.0808. The highest BCUT2D eigenvalue weighted by molar-refractivity contribution is 5.87. The van der Waals surface area contributed by atoms with Gasteiger partial charge in [-0.1, -0.05) is 12.1 Å². The molecule has 22 heavy (non-hydrogen) atoms. The number of methoxy groups -OCH3 is 1. The van der Waals surface area contributed by atoms with Gasteiger partial charge >= 0.3 is 12.0 Å². The molecule has 0 bridgehead atoms. The number of rotatable bonds is 4. The molecule has 2 rings (SSSR count). The fraction of sp³-hybridized carbons (Fsp3) is 0.500. The SMILES string of the molecule is COC1CCC(C)N(C(=O)NCc2cccc(C(=O)O)c2)C1. The summed E-state index contributed by atoms with van der Waals surface area (Å²) < 4.78 is 5.34. The van der Waals surface area contributed by atoms with Gasteiger partial charge in [0, 0.05) is 26.2 Å². The first kappa shape index (κ1) is 16.3. The number of ether oxygens (including phenoxy) is 1. The van der Waals surface area contributed by atoms with Gasteiger partial charge in [0.15, 0.2) is 0 Å². The third kappa shape index (κ3) is 3.98. The van der Waals surface area contributed by atoms with Gasteiger partial charge in [-0.05, 0) is 37.5 Å². The quantitative estimate of drug-likeness (QED) is 0.893. The number of carbonyl (C=O) groups excluding carboxylic acids is 1. The Balaban J connectivity index is 1.94. The number of nitrogens with zero attached hydrogens (tertiary/aromatic N) is 1. The largest absolute Gasteiger partial charge is 0.478 e. The van der Waals surface area contributed by atoms with E-state index in [0.717, 1.165) is 18.4 Å². The smallest absolute Gasteiger partial charge is 0.335 e. The van der Waals surface area contributed by atoms with Crippen LogP contribution in [0.1, 0.15) is 35.7 Å². The van der Waals surface area contributed by atoms with E-state index in [4.69, 9.17) is 9.84 Å². The molecule has 1 fully saturated rings. The van der Waals surface area contributed by atoms with E-state index in [1.165, 1.54) is 6.07 Å². The first-order valence-electron chi connectivity index (χ1n) is 7.40. The zero-order chi connectivity index (χ0) is 16.1. The molecular weight excluding hydrogens is 284 g/mol. The summed E-state index contributed by atoms with van der Waals surface area (Å²) in [5.41, 5.74) is 0.985. The zero-order valence-corrected chi connectivity index (χ0v) is 12.9. The molecule has 0 radical (unpaired) electrons. The van der Waals surface area contributed by atoms with E-state index in [1.807, 2.05) is 6.92 Å². The first-order valence-corrected chi connectivity index (χ1v) is 7.40. The molecule has 0 aromatic heterocycles. The fourth-order valence-electron chi connectivity index (χ4n) is 2.64. The number of aromatic carboxylic acids is 1. The monoisotopic (exact) mass is 306 g/mol. The van der Waals surface area contributed by atoms with Crippen molar-refractivity contribution in [1.82, 2.24) is 10.2 Å². The Bertz CT molecular complexity index is 547.